The number of hydrogen-bond donors (Lipinski definition) is 2. The maximum atomic E-state index is 13.6. The van der Waals surface area contributed by atoms with Gasteiger partial charge in [-0.1, -0.05) is 35.9 Å². The number of ether oxygens (including phenoxy) is 1. The Morgan fingerprint density at radius 2 is 1.89 bits per heavy atom. The molecule has 0 spiro atoms. The Kier molecular flexibility index (Phi) is 5.16. The quantitative estimate of drug-likeness (QED) is 0.204. The lowest BCUT2D eigenvalue weighted by atomic mass is 9.92. The van der Waals surface area contributed by atoms with E-state index in [0.717, 1.165) is 33.5 Å². The van der Waals surface area contributed by atoms with E-state index in [2.05, 4.69) is 4.98 Å². The molecule has 180 valence electrons. The lowest BCUT2D eigenvalue weighted by Gasteiger charge is -2.26. The summed E-state index contributed by atoms with van der Waals surface area (Å²) >= 11 is 6.26. The summed E-state index contributed by atoms with van der Waals surface area (Å²) in [7, 11) is 0. The van der Waals surface area contributed by atoms with Gasteiger partial charge in [0.05, 0.1) is 11.6 Å². The molecule has 2 aliphatic heterocycles. The number of nitrogens with one attached hydrogen (secondary N) is 1. The van der Waals surface area contributed by atoms with Gasteiger partial charge in [-0.3, -0.25) is 14.5 Å². The van der Waals surface area contributed by atoms with E-state index in [1.54, 1.807) is 36.4 Å². The molecular weight excluding hydrogens is 476 g/mol. The Morgan fingerprint density at radius 3 is 2.69 bits per heavy atom. The van der Waals surface area contributed by atoms with Crippen molar-refractivity contribution in [2.24, 2.45) is 0 Å². The Morgan fingerprint density at radius 1 is 1.08 bits per heavy atom. The number of benzene rings is 3. The van der Waals surface area contributed by atoms with E-state index in [4.69, 9.17) is 16.3 Å². The van der Waals surface area contributed by atoms with Crippen molar-refractivity contribution in [3.05, 3.63) is 99.7 Å². The molecule has 2 unspecified atom stereocenters. The second-order valence-corrected chi connectivity index (χ2v) is 9.75. The molecule has 7 heteroatoms. The van der Waals surface area contributed by atoms with Crippen molar-refractivity contribution in [3.8, 4) is 5.75 Å². The first kappa shape index (κ1) is 22.4. The monoisotopic (exact) mass is 498 g/mol. The third-order valence-electron chi connectivity index (χ3n) is 6.92. The van der Waals surface area contributed by atoms with Gasteiger partial charge in [-0.2, -0.15) is 0 Å². The van der Waals surface area contributed by atoms with Crippen LogP contribution in [0.3, 0.4) is 0 Å². The average molecular weight is 499 g/mol. The minimum absolute atomic E-state index is 0.0414. The molecule has 0 radical (unpaired) electrons. The second kappa shape index (κ2) is 8.28. The van der Waals surface area contributed by atoms with Crippen LogP contribution in [0.25, 0.3) is 16.7 Å². The number of H-pyrrole nitrogens is 1. The van der Waals surface area contributed by atoms with Crippen molar-refractivity contribution in [1.82, 2.24) is 4.98 Å². The molecule has 0 aliphatic carbocycles. The molecular formula is C29H23ClN2O4. The summed E-state index contributed by atoms with van der Waals surface area (Å²) in [6, 6.07) is 19.1. The Balaban J connectivity index is 1.61. The molecule has 0 saturated carbocycles. The Hall–Kier alpha value is -4.03. The van der Waals surface area contributed by atoms with Crippen molar-refractivity contribution >= 4 is 45.6 Å². The van der Waals surface area contributed by atoms with E-state index in [9.17, 15) is 14.7 Å². The molecule has 1 amide bonds. The number of carbonyl (C=O) groups excluding carboxylic acids is 2. The van der Waals surface area contributed by atoms with E-state index >= 15 is 0 Å². The molecule has 4 aromatic rings. The van der Waals surface area contributed by atoms with Crippen LogP contribution in [-0.4, -0.2) is 27.9 Å². The molecule has 1 aromatic heterocycles. The minimum atomic E-state index is -0.844. The molecule has 1 saturated heterocycles. The van der Waals surface area contributed by atoms with E-state index in [1.165, 1.54) is 4.90 Å². The van der Waals surface area contributed by atoms with Crippen LogP contribution in [-0.2, 0) is 16.0 Å². The number of aromatic amines is 1. The van der Waals surface area contributed by atoms with E-state index in [1.807, 2.05) is 44.2 Å². The number of nitrogens with zero attached hydrogens (tertiary/aromatic N) is 1. The minimum Gasteiger partial charge on any atom is -0.507 e. The maximum absolute atomic E-state index is 13.6. The van der Waals surface area contributed by atoms with Crippen LogP contribution in [0.2, 0.25) is 5.02 Å². The molecule has 6 rings (SSSR count). The number of aliphatic hydroxyl groups is 1. The highest BCUT2D eigenvalue weighted by Crippen LogP contribution is 2.46. The summed E-state index contributed by atoms with van der Waals surface area (Å²) < 4.78 is 5.79. The third-order valence-corrected chi connectivity index (χ3v) is 7.15. The number of amides is 1. The van der Waals surface area contributed by atoms with Crippen molar-refractivity contribution in [2.75, 3.05) is 4.90 Å². The summed E-state index contributed by atoms with van der Waals surface area (Å²) in [4.78, 5) is 31.8. The topological polar surface area (TPSA) is 82.6 Å². The molecule has 2 aliphatic rings. The molecule has 2 N–H and O–H groups in total. The van der Waals surface area contributed by atoms with Gasteiger partial charge in [0.25, 0.3) is 11.7 Å². The van der Waals surface area contributed by atoms with Gasteiger partial charge in [0.15, 0.2) is 0 Å². The van der Waals surface area contributed by atoms with Gasteiger partial charge >= 0.3 is 0 Å². The number of para-hydroxylation sites is 1. The van der Waals surface area contributed by atoms with Crippen LogP contribution in [0.1, 0.15) is 35.3 Å². The number of rotatable bonds is 3. The van der Waals surface area contributed by atoms with Crippen molar-refractivity contribution in [2.45, 2.75) is 32.4 Å². The number of carbonyl (C=O) groups is 2. The summed E-state index contributed by atoms with van der Waals surface area (Å²) in [5.41, 5.74) is 4.38. The Labute approximate surface area is 212 Å². The maximum Gasteiger partial charge on any atom is 0.300 e. The van der Waals surface area contributed by atoms with Crippen LogP contribution in [0.5, 0.6) is 5.75 Å². The van der Waals surface area contributed by atoms with Crippen LogP contribution < -0.4 is 9.64 Å². The predicted octanol–water partition coefficient (Wildman–Crippen LogP) is 6.08. The second-order valence-electron chi connectivity index (χ2n) is 9.31. The smallest absolute Gasteiger partial charge is 0.300 e. The number of hydrogen-bond acceptors (Lipinski definition) is 4. The molecule has 2 atom stereocenters. The zero-order valence-electron chi connectivity index (χ0n) is 19.7. The fourth-order valence-electron chi connectivity index (χ4n) is 5.37. The predicted molar refractivity (Wildman–Crippen MR) is 140 cm³/mol. The van der Waals surface area contributed by atoms with E-state index in [-0.39, 0.29) is 17.4 Å². The third kappa shape index (κ3) is 3.40. The SMILES string of the molecule is Cc1[nH]c2ccccc2c1C1/C(=C(\O)c2ccc3c(c2)CC(C)O3)C(=O)C(=O)N1c1cccc(Cl)c1. The van der Waals surface area contributed by atoms with Crippen molar-refractivity contribution in [3.63, 3.8) is 0 Å². The van der Waals surface area contributed by atoms with Crippen molar-refractivity contribution < 1.29 is 19.4 Å². The standard InChI is InChI=1S/C29H23ClN2O4/c1-15-12-18-13-17(10-11-23(18)36-15)27(33)25-26(24-16(2)31-22-9-4-3-8-21(22)24)32(29(35)28(25)34)20-7-5-6-19(30)14-20/h3-11,13-15,26,31,33H,12H2,1-2H3/b27-25+. The van der Waals surface area contributed by atoms with Gasteiger partial charge in [-0.15, -0.1) is 0 Å². The summed E-state index contributed by atoms with van der Waals surface area (Å²) in [6.45, 7) is 3.89. The van der Waals surface area contributed by atoms with Gasteiger partial charge in [0.1, 0.15) is 17.6 Å². The number of halogens is 1. The first-order valence-corrected chi connectivity index (χ1v) is 12.1. The highest BCUT2D eigenvalue weighted by atomic mass is 35.5. The number of anilines is 1. The van der Waals surface area contributed by atoms with Crippen LogP contribution >= 0.6 is 11.6 Å². The summed E-state index contributed by atoms with van der Waals surface area (Å²) in [6.07, 6.45) is 0.748. The first-order chi connectivity index (χ1) is 17.3. The fourth-order valence-corrected chi connectivity index (χ4v) is 5.56. The highest BCUT2D eigenvalue weighted by Gasteiger charge is 2.48. The summed E-state index contributed by atoms with van der Waals surface area (Å²) in [5.74, 6) is -0.906. The van der Waals surface area contributed by atoms with Crippen LogP contribution in [0.15, 0.2) is 72.3 Å². The number of fused-ring (bicyclic) bond motifs is 2. The van der Waals surface area contributed by atoms with Crippen molar-refractivity contribution in [1.29, 1.82) is 0 Å². The van der Waals surface area contributed by atoms with Gasteiger partial charge in [-0.05, 0) is 61.9 Å². The number of Topliss-reactive ketones (excluding diaryl/α,β-unsaturated/α-hetero) is 1. The largest absolute Gasteiger partial charge is 0.507 e. The van der Waals surface area contributed by atoms with Crippen LogP contribution in [0.4, 0.5) is 5.69 Å². The first-order valence-electron chi connectivity index (χ1n) is 11.8. The van der Waals surface area contributed by atoms with E-state index < -0.39 is 17.7 Å². The molecule has 1 fully saturated rings. The number of aromatic nitrogens is 1. The zero-order valence-corrected chi connectivity index (χ0v) is 20.5. The number of aryl methyl sites for hydroxylation is 1. The molecule has 3 aromatic carbocycles. The Bertz CT molecular complexity index is 1600. The van der Waals surface area contributed by atoms with Gasteiger partial charge in [-0.25, -0.2) is 0 Å². The normalized spacial score (nSPS) is 20.7. The highest BCUT2D eigenvalue weighted by molar-refractivity contribution is 6.52. The average Bonchev–Trinajstić information content (AvgIpc) is 3.47. The molecule has 36 heavy (non-hydrogen) atoms. The van der Waals surface area contributed by atoms with E-state index in [0.29, 0.717) is 22.7 Å². The van der Waals surface area contributed by atoms with Crippen LogP contribution in [0, 0.1) is 6.92 Å². The van der Waals surface area contributed by atoms with Gasteiger partial charge < -0.3 is 14.8 Å². The lowest BCUT2D eigenvalue weighted by Crippen LogP contribution is -2.29. The molecule has 3 heterocycles. The van der Waals surface area contributed by atoms with Gasteiger partial charge in [0, 0.05) is 44.9 Å². The lowest BCUT2D eigenvalue weighted by molar-refractivity contribution is -0.132. The number of aliphatic hydroxyl groups excluding tert-OH is 1. The molecule has 6 nitrogen and oxygen atoms in total. The summed E-state index contributed by atoms with van der Waals surface area (Å²) in [5, 5.41) is 12.9. The van der Waals surface area contributed by atoms with Gasteiger partial charge in [0.2, 0.25) is 0 Å². The number of ketones is 1. The molecule has 0 bridgehead atoms. The zero-order chi connectivity index (χ0) is 25.1. The fraction of sp³-hybridized carbons (Fsp3) is 0.172.